The van der Waals surface area contributed by atoms with Gasteiger partial charge in [-0.15, -0.1) is 0 Å². The quantitative estimate of drug-likeness (QED) is 0.210. The number of carbonyl (C=O) groups is 2. The molecule has 0 heterocycles. The minimum Gasteiger partial charge on any atom is -0.490 e. The molecule has 2 aromatic rings. The molecule has 0 radical (unpaired) electrons. The Labute approximate surface area is 191 Å². The summed E-state index contributed by atoms with van der Waals surface area (Å²) in [5, 5.41) is 7.15. The number of hydrogen-bond donors (Lipinski definition) is 2. The molecule has 0 unspecified atom stereocenters. The molecule has 0 saturated heterocycles. The first-order valence-electron chi connectivity index (χ1n) is 9.89. The number of hydrazone groups is 1. The fraction of sp³-hybridized carbons (Fsp3) is 0.318. The zero-order valence-corrected chi connectivity index (χ0v) is 18.9. The Morgan fingerprint density at radius 3 is 2.52 bits per heavy atom. The molecule has 2 rings (SSSR count). The van der Waals surface area contributed by atoms with Crippen LogP contribution in [0.4, 0.5) is 5.69 Å². The van der Waals surface area contributed by atoms with E-state index in [1.54, 1.807) is 30.3 Å². The molecule has 0 fully saturated rings. The van der Waals surface area contributed by atoms with Crippen molar-refractivity contribution in [3.63, 3.8) is 0 Å². The van der Waals surface area contributed by atoms with Crippen molar-refractivity contribution in [2.24, 2.45) is 5.10 Å². The fourth-order valence-corrected chi connectivity index (χ4v) is 2.76. The minimum atomic E-state index is -0.557. The van der Waals surface area contributed by atoms with Gasteiger partial charge in [-0.3, -0.25) is 9.59 Å². The van der Waals surface area contributed by atoms with Gasteiger partial charge in [0, 0.05) is 5.69 Å². The first kappa shape index (κ1) is 24.5. The summed E-state index contributed by atoms with van der Waals surface area (Å²) in [4.78, 5) is 23.9. The van der Waals surface area contributed by atoms with Gasteiger partial charge in [-0.2, -0.15) is 5.10 Å². The van der Waals surface area contributed by atoms with Gasteiger partial charge >= 0.3 is 0 Å². The standard InChI is InChI=1S/C22H25Cl2N3O4/c1-3-5-10-31-19-9-6-15(11-20(19)30-4-2)14-25-27-22(29)13-21(28)26-16-7-8-17(23)18(24)12-16/h6-9,11-12,14H,3-5,10,13H2,1-2H3,(H,26,28)(H,27,29). The fourth-order valence-electron chi connectivity index (χ4n) is 2.46. The zero-order chi connectivity index (χ0) is 22.6. The molecule has 2 amide bonds. The lowest BCUT2D eigenvalue weighted by molar-refractivity contribution is -0.126. The van der Waals surface area contributed by atoms with Crippen LogP contribution in [0.15, 0.2) is 41.5 Å². The Hall–Kier alpha value is -2.77. The van der Waals surface area contributed by atoms with E-state index < -0.39 is 18.2 Å². The second-order valence-corrected chi connectivity index (χ2v) is 7.30. The summed E-state index contributed by atoms with van der Waals surface area (Å²) in [6.45, 7) is 5.09. The number of carbonyl (C=O) groups excluding carboxylic acids is 2. The number of hydrogen-bond acceptors (Lipinski definition) is 5. The highest BCUT2D eigenvalue weighted by molar-refractivity contribution is 6.42. The zero-order valence-electron chi connectivity index (χ0n) is 17.4. The molecular formula is C22H25Cl2N3O4. The van der Waals surface area contributed by atoms with Crippen molar-refractivity contribution in [2.75, 3.05) is 18.5 Å². The van der Waals surface area contributed by atoms with Crippen LogP contribution in [0.3, 0.4) is 0 Å². The number of nitrogens with one attached hydrogen (secondary N) is 2. The van der Waals surface area contributed by atoms with E-state index in [2.05, 4.69) is 22.8 Å². The molecule has 166 valence electrons. The molecule has 0 saturated carbocycles. The van der Waals surface area contributed by atoms with Crippen LogP contribution in [-0.4, -0.2) is 31.2 Å². The van der Waals surface area contributed by atoms with Crippen LogP contribution in [0.2, 0.25) is 10.0 Å². The Balaban J connectivity index is 1.88. The summed E-state index contributed by atoms with van der Waals surface area (Å²) in [6.07, 6.45) is 3.07. The highest BCUT2D eigenvalue weighted by Crippen LogP contribution is 2.28. The maximum atomic E-state index is 12.0. The summed E-state index contributed by atoms with van der Waals surface area (Å²) in [7, 11) is 0. The summed E-state index contributed by atoms with van der Waals surface area (Å²) in [5.74, 6) is 0.210. The maximum absolute atomic E-state index is 12.0. The predicted molar refractivity (Wildman–Crippen MR) is 123 cm³/mol. The third-order valence-electron chi connectivity index (χ3n) is 3.95. The van der Waals surface area contributed by atoms with Gasteiger partial charge in [0.2, 0.25) is 11.8 Å². The third kappa shape index (κ3) is 8.47. The van der Waals surface area contributed by atoms with Crippen LogP contribution in [0.1, 0.15) is 38.7 Å². The van der Waals surface area contributed by atoms with Crippen LogP contribution in [-0.2, 0) is 9.59 Å². The third-order valence-corrected chi connectivity index (χ3v) is 4.69. The Bertz CT molecular complexity index is 935. The van der Waals surface area contributed by atoms with Gasteiger partial charge < -0.3 is 14.8 Å². The monoisotopic (exact) mass is 465 g/mol. The lowest BCUT2D eigenvalue weighted by Crippen LogP contribution is -2.24. The number of amides is 2. The van der Waals surface area contributed by atoms with Gasteiger partial charge in [0.1, 0.15) is 6.42 Å². The van der Waals surface area contributed by atoms with Gasteiger partial charge in [0.25, 0.3) is 0 Å². The van der Waals surface area contributed by atoms with E-state index >= 15 is 0 Å². The first-order chi connectivity index (χ1) is 14.9. The number of anilines is 1. The predicted octanol–water partition coefficient (Wildman–Crippen LogP) is 5.05. The van der Waals surface area contributed by atoms with Gasteiger partial charge in [-0.1, -0.05) is 36.5 Å². The molecule has 2 N–H and O–H groups in total. The molecule has 0 aromatic heterocycles. The molecule has 2 aromatic carbocycles. The molecule has 0 aliphatic rings. The Kier molecular flexibility index (Phi) is 10.1. The van der Waals surface area contributed by atoms with E-state index in [1.807, 2.05) is 6.92 Å². The smallest absolute Gasteiger partial charge is 0.249 e. The molecule has 0 atom stereocenters. The summed E-state index contributed by atoms with van der Waals surface area (Å²) < 4.78 is 11.4. The lowest BCUT2D eigenvalue weighted by Gasteiger charge is -2.12. The second-order valence-electron chi connectivity index (χ2n) is 6.49. The van der Waals surface area contributed by atoms with Crippen molar-refractivity contribution in [2.45, 2.75) is 33.1 Å². The molecule has 0 aliphatic carbocycles. The molecule has 31 heavy (non-hydrogen) atoms. The molecule has 0 bridgehead atoms. The van der Waals surface area contributed by atoms with Crippen LogP contribution in [0.25, 0.3) is 0 Å². The number of unbranched alkanes of at least 4 members (excludes halogenated alkanes) is 1. The van der Waals surface area contributed by atoms with Gasteiger partial charge in [-0.25, -0.2) is 5.43 Å². The van der Waals surface area contributed by atoms with Crippen molar-refractivity contribution in [1.29, 1.82) is 0 Å². The van der Waals surface area contributed by atoms with E-state index in [0.29, 0.717) is 46.0 Å². The van der Waals surface area contributed by atoms with Crippen LogP contribution in [0.5, 0.6) is 11.5 Å². The Morgan fingerprint density at radius 1 is 1.00 bits per heavy atom. The average Bonchev–Trinajstić information content (AvgIpc) is 2.72. The average molecular weight is 466 g/mol. The second kappa shape index (κ2) is 12.8. The van der Waals surface area contributed by atoms with Gasteiger partial charge in [-0.05, 0) is 55.3 Å². The van der Waals surface area contributed by atoms with Crippen LogP contribution in [0, 0.1) is 0 Å². The minimum absolute atomic E-state index is 0.307. The molecule has 9 heteroatoms. The number of rotatable bonds is 11. The van der Waals surface area contributed by atoms with Crippen molar-refractivity contribution in [1.82, 2.24) is 5.43 Å². The lowest BCUT2D eigenvalue weighted by atomic mass is 10.2. The van der Waals surface area contributed by atoms with Crippen molar-refractivity contribution in [3.8, 4) is 11.5 Å². The van der Waals surface area contributed by atoms with Crippen molar-refractivity contribution < 1.29 is 19.1 Å². The molecule has 0 aliphatic heterocycles. The summed E-state index contributed by atoms with van der Waals surface area (Å²) in [5.41, 5.74) is 3.49. The van der Waals surface area contributed by atoms with Crippen LogP contribution < -0.4 is 20.2 Å². The number of ether oxygens (including phenoxy) is 2. The largest absolute Gasteiger partial charge is 0.490 e. The SMILES string of the molecule is CCCCOc1ccc(C=NNC(=O)CC(=O)Nc2ccc(Cl)c(Cl)c2)cc1OCC. The van der Waals surface area contributed by atoms with Crippen molar-refractivity contribution >= 4 is 46.9 Å². The summed E-state index contributed by atoms with van der Waals surface area (Å²) in [6, 6.07) is 10.0. The number of halogens is 2. The van der Waals surface area contributed by atoms with E-state index in [1.165, 1.54) is 12.3 Å². The van der Waals surface area contributed by atoms with Crippen LogP contribution >= 0.6 is 23.2 Å². The summed E-state index contributed by atoms with van der Waals surface area (Å²) >= 11 is 11.7. The van der Waals surface area contributed by atoms with E-state index in [9.17, 15) is 9.59 Å². The topological polar surface area (TPSA) is 89.0 Å². The van der Waals surface area contributed by atoms with E-state index in [-0.39, 0.29) is 0 Å². The highest BCUT2D eigenvalue weighted by atomic mass is 35.5. The van der Waals surface area contributed by atoms with Gasteiger partial charge in [0.15, 0.2) is 11.5 Å². The molecular weight excluding hydrogens is 441 g/mol. The molecule has 0 spiro atoms. The highest BCUT2D eigenvalue weighted by Gasteiger charge is 2.10. The van der Waals surface area contributed by atoms with Crippen molar-refractivity contribution in [3.05, 3.63) is 52.0 Å². The van der Waals surface area contributed by atoms with E-state index in [4.69, 9.17) is 32.7 Å². The molecule has 7 nitrogen and oxygen atoms in total. The van der Waals surface area contributed by atoms with Gasteiger partial charge in [0.05, 0.1) is 29.5 Å². The normalized spacial score (nSPS) is 10.7. The maximum Gasteiger partial charge on any atom is 0.249 e. The number of nitrogens with zero attached hydrogens (tertiary/aromatic N) is 1. The van der Waals surface area contributed by atoms with E-state index in [0.717, 1.165) is 12.8 Å². The Morgan fingerprint density at radius 2 is 1.81 bits per heavy atom. The number of benzene rings is 2. The first-order valence-corrected chi connectivity index (χ1v) is 10.6.